The minimum Gasteiger partial charge on any atom is -0.461 e. The average molecular weight is 196 g/mol. The molecule has 0 saturated heterocycles. The Morgan fingerprint density at radius 3 is 2.64 bits per heavy atom. The first-order valence-electron chi connectivity index (χ1n) is 4.45. The highest BCUT2D eigenvalue weighted by molar-refractivity contribution is 5.69. The van der Waals surface area contributed by atoms with E-state index in [2.05, 4.69) is 13.2 Å². The van der Waals surface area contributed by atoms with E-state index in [1.807, 2.05) is 0 Å². The monoisotopic (exact) mass is 196 g/mol. The molecule has 0 spiro atoms. The van der Waals surface area contributed by atoms with Crippen molar-refractivity contribution in [1.29, 1.82) is 0 Å². The molecule has 0 saturated carbocycles. The number of allylic oxidation sites excluding steroid dienone is 2. The van der Waals surface area contributed by atoms with E-state index in [0.29, 0.717) is 6.42 Å². The number of rotatable bonds is 7. The predicted molar refractivity (Wildman–Crippen MR) is 55.8 cm³/mol. The molecule has 0 aliphatic heterocycles. The summed E-state index contributed by atoms with van der Waals surface area (Å²) in [5, 5.41) is 8.47. The maximum Gasteiger partial charge on any atom is 0.306 e. The highest BCUT2D eigenvalue weighted by Gasteiger charge is 2.01. The van der Waals surface area contributed by atoms with Gasteiger partial charge in [0, 0.05) is 13.0 Å². The lowest BCUT2D eigenvalue weighted by atomic mass is 10.2. The molecule has 0 aromatic rings. The number of ether oxygens (including phenoxy) is 1. The van der Waals surface area contributed by atoms with Crippen molar-refractivity contribution in [3.05, 3.63) is 37.0 Å². The molecule has 0 aliphatic rings. The van der Waals surface area contributed by atoms with E-state index in [1.54, 1.807) is 18.2 Å². The summed E-state index contributed by atoms with van der Waals surface area (Å²) in [6.45, 7) is 7.31. The van der Waals surface area contributed by atoms with Crippen LogP contribution in [0.2, 0.25) is 0 Å². The maximum atomic E-state index is 11.0. The second-order valence-corrected chi connectivity index (χ2v) is 2.67. The Morgan fingerprint density at radius 1 is 1.43 bits per heavy atom. The van der Waals surface area contributed by atoms with Gasteiger partial charge in [-0.05, 0) is 12.0 Å². The van der Waals surface area contributed by atoms with Gasteiger partial charge in [-0.3, -0.25) is 4.79 Å². The molecule has 1 N–H and O–H groups in total. The molecule has 0 rings (SSSR count). The van der Waals surface area contributed by atoms with Crippen molar-refractivity contribution in [2.45, 2.75) is 12.8 Å². The fourth-order valence-electron chi connectivity index (χ4n) is 0.786. The zero-order valence-corrected chi connectivity index (χ0v) is 8.24. The van der Waals surface area contributed by atoms with Gasteiger partial charge in [-0.2, -0.15) is 0 Å². The molecule has 0 aliphatic carbocycles. The maximum absolute atomic E-state index is 11.0. The highest BCUT2D eigenvalue weighted by Crippen LogP contribution is 1.99. The molecule has 78 valence electrons. The van der Waals surface area contributed by atoms with Crippen LogP contribution in [0, 0.1) is 0 Å². The first kappa shape index (κ1) is 12.7. The SMILES string of the molecule is C=C/C=C(\C=C)COC(=O)CCCO. The average Bonchev–Trinajstić information content (AvgIpc) is 2.21. The number of aliphatic hydroxyl groups is 1. The van der Waals surface area contributed by atoms with Gasteiger partial charge in [0.25, 0.3) is 0 Å². The fraction of sp³-hybridized carbons (Fsp3) is 0.364. The van der Waals surface area contributed by atoms with Crippen molar-refractivity contribution in [2.75, 3.05) is 13.2 Å². The molecule has 14 heavy (non-hydrogen) atoms. The Labute approximate surface area is 84.4 Å². The first-order valence-corrected chi connectivity index (χ1v) is 4.45. The zero-order chi connectivity index (χ0) is 10.8. The second kappa shape index (κ2) is 8.26. The quantitative estimate of drug-likeness (QED) is 0.497. The van der Waals surface area contributed by atoms with Crippen molar-refractivity contribution in [3.8, 4) is 0 Å². The zero-order valence-electron chi connectivity index (χ0n) is 8.24. The third kappa shape index (κ3) is 6.20. The Balaban J connectivity index is 3.79. The lowest BCUT2D eigenvalue weighted by molar-refractivity contribution is -0.142. The number of carbonyl (C=O) groups excluding carboxylic acids is 1. The molecule has 0 aromatic heterocycles. The number of carbonyl (C=O) groups is 1. The van der Waals surface area contributed by atoms with Gasteiger partial charge in [0.2, 0.25) is 0 Å². The molecular weight excluding hydrogens is 180 g/mol. The Hall–Kier alpha value is -1.35. The van der Waals surface area contributed by atoms with Crippen LogP contribution in [0.15, 0.2) is 37.0 Å². The van der Waals surface area contributed by atoms with E-state index < -0.39 is 0 Å². The second-order valence-electron chi connectivity index (χ2n) is 2.67. The van der Waals surface area contributed by atoms with Gasteiger partial charge in [-0.15, -0.1) is 0 Å². The van der Waals surface area contributed by atoms with E-state index in [-0.39, 0.29) is 25.6 Å². The summed E-state index contributed by atoms with van der Waals surface area (Å²) >= 11 is 0. The summed E-state index contributed by atoms with van der Waals surface area (Å²) in [4.78, 5) is 11.0. The number of aliphatic hydroxyl groups excluding tert-OH is 1. The highest BCUT2D eigenvalue weighted by atomic mass is 16.5. The normalized spacial score (nSPS) is 10.8. The summed E-state index contributed by atoms with van der Waals surface area (Å²) in [7, 11) is 0. The van der Waals surface area contributed by atoms with Crippen LogP contribution in [-0.4, -0.2) is 24.3 Å². The van der Waals surface area contributed by atoms with Gasteiger partial charge in [-0.1, -0.05) is 31.4 Å². The minimum atomic E-state index is -0.309. The molecule has 0 atom stereocenters. The number of esters is 1. The van der Waals surface area contributed by atoms with Crippen molar-refractivity contribution in [3.63, 3.8) is 0 Å². The molecule has 0 bridgehead atoms. The number of hydrogen-bond acceptors (Lipinski definition) is 3. The van der Waals surface area contributed by atoms with E-state index in [1.165, 1.54) is 0 Å². The van der Waals surface area contributed by atoms with E-state index in [4.69, 9.17) is 9.84 Å². The lowest BCUT2D eigenvalue weighted by Gasteiger charge is -2.04. The summed E-state index contributed by atoms with van der Waals surface area (Å²) < 4.78 is 4.91. The summed E-state index contributed by atoms with van der Waals surface area (Å²) in [5.41, 5.74) is 0.803. The topological polar surface area (TPSA) is 46.5 Å². The van der Waals surface area contributed by atoms with E-state index in [0.717, 1.165) is 5.57 Å². The number of hydrogen-bond donors (Lipinski definition) is 1. The third-order valence-corrected chi connectivity index (χ3v) is 1.53. The Bertz CT molecular complexity index is 229. The van der Waals surface area contributed by atoms with Crippen LogP contribution in [0.4, 0.5) is 0 Å². The van der Waals surface area contributed by atoms with E-state index in [9.17, 15) is 4.79 Å². The van der Waals surface area contributed by atoms with Crippen LogP contribution in [-0.2, 0) is 9.53 Å². The van der Waals surface area contributed by atoms with Crippen LogP contribution in [0.5, 0.6) is 0 Å². The first-order chi connectivity index (χ1) is 6.74. The third-order valence-electron chi connectivity index (χ3n) is 1.53. The molecule has 0 aromatic carbocycles. The standard InChI is InChI=1S/C11H16O3/c1-3-6-10(4-2)9-14-11(13)7-5-8-12/h3-4,6,12H,1-2,5,7-9H2/b10-6+. The van der Waals surface area contributed by atoms with Crippen molar-refractivity contribution < 1.29 is 14.6 Å². The minimum absolute atomic E-state index is 0.00587. The smallest absolute Gasteiger partial charge is 0.306 e. The van der Waals surface area contributed by atoms with Crippen LogP contribution < -0.4 is 0 Å². The van der Waals surface area contributed by atoms with Crippen LogP contribution in [0.1, 0.15) is 12.8 Å². The van der Waals surface area contributed by atoms with Crippen LogP contribution >= 0.6 is 0 Å². The Morgan fingerprint density at radius 2 is 2.14 bits per heavy atom. The predicted octanol–water partition coefficient (Wildman–Crippen LogP) is 1.60. The molecule has 0 unspecified atom stereocenters. The fourth-order valence-corrected chi connectivity index (χ4v) is 0.786. The molecule has 0 amide bonds. The van der Waals surface area contributed by atoms with Crippen LogP contribution in [0.3, 0.4) is 0 Å². The van der Waals surface area contributed by atoms with Gasteiger partial charge >= 0.3 is 5.97 Å². The summed E-state index contributed by atoms with van der Waals surface area (Å²) in [5.74, 6) is -0.309. The molecule has 0 radical (unpaired) electrons. The summed E-state index contributed by atoms with van der Waals surface area (Å²) in [6, 6.07) is 0. The van der Waals surface area contributed by atoms with Gasteiger partial charge < -0.3 is 9.84 Å². The molecule has 0 heterocycles. The molecule has 3 heteroatoms. The van der Waals surface area contributed by atoms with Gasteiger partial charge in [-0.25, -0.2) is 0 Å². The molecule has 0 fully saturated rings. The van der Waals surface area contributed by atoms with Crippen LogP contribution in [0.25, 0.3) is 0 Å². The Kier molecular flexibility index (Phi) is 7.46. The van der Waals surface area contributed by atoms with Gasteiger partial charge in [0.1, 0.15) is 6.61 Å². The van der Waals surface area contributed by atoms with Crippen molar-refractivity contribution in [1.82, 2.24) is 0 Å². The molecular formula is C11H16O3. The van der Waals surface area contributed by atoms with Gasteiger partial charge in [0.05, 0.1) is 0 Å². The van der Waals surface area contributed by atoms with Gasteiger partial charge in [0.15, 0.2) is 0 Å². The van der Waals surface area contributed by atoms with Crippen molar-refractivity contribution >= 4 is 5.97 Å². The van der Waals surface area contributed by atoms with E-state index >= 15 is 0 Å². The largest absolute Gasteiger partial charge is 0.461 e. The van der Waals surface area contributed by atoms with Crippen molar-refractivity contribution in [2.24, 2.45) is 0 Å². The lowest BCUT2D eigenvalue weighted by Crippen LogP contribution is -2.07. The summed E-state index contributed by atoms with van der Waals surface area (Å²) in [6.07, 6.45) is 5.63. The molecule has 3 nitrogen and oxygen atoms in total.